The van der Waals surface area contributed by atoms with Crippen molar-refractivity contribution in [2.24, 2.45) is 17.6 Å². The van der Waals surface area contributed by atoms with Gasteiger partial charge in [-0.15, -0.1) is 0 Å². The number of carbonyl (C=O) groups excluding carboxylic acids is 2. The Bertz CT molecular complexity index is 795. The summed E-state index contributed by atoms with van der Waals surface area (Å²) in [5.41, 5.74) is 6.58. The number of nitrogens with two attached hydrogens (primary N) is 1. The van der Waals surface area contributed by atoms with E-state index in [1.165, 1.54) is 0 Å². The molecule has 0 unspecified atom stereocenters. The first-order valence-electron chi connectivity index (χ1n) is 12.3. The minimum atomic E-state index is -0.651. The summed E-state index contributed by atoms with van der Waals surface area (Å²) in [6.45, 7) is 2.36. The van der Waals surface area contributed by atoms with Gasteiger partial charge in [-0.2, -0.15) is 0 Å². The van der Waals surface area contributed by atoms with Crippen molar-refractivity contribution in [2.75, 3.05) is 13.1 Å². The molecule has 0 heterocycles. The molecule has 1 aliphatic carbocycles. The molecule has 1 aromatic rings. The van der Waals surface area contributed by atoms with Crippen LogP contribution in [-0.2, 0) is 20.7 Å². The molecular weight excluding hydrogens is 432 g/mol. The fourth-order valence-electron chi connectivity index (χ4n) is 4.36. The van der Waals surface area contributed by atoms with Crippen LogP contribution in [0.1, 0.15) is 51.0 Å². The molecule has 5 atom stereocenters. The Kier molecular flexibility index (Phi) is 12.6. The second kappa shape index (κ2) is 15.4. The number of hydrogen-bond acceptors (Lipinski definition) is 6. The van der Waals surface area contributed by atoms with Gasteiger partial charge in [-0.3, -0.25) is 9.59 Å². The van der Waals surface area contributed by atoms with Crippen molar-refractivity contribution < 1.29 is 24.5 Å². The summed E-state index contributed by atoms with van der Waals surface area (Å²) in [6, 6.07) is 9.96. The zero-order valence-electron chi connectivity index (χ0n) is 20.1. The van der Waals surface area contributed by atoms with Crippen LogP contribution in [0.15, 0.2) is 54.6 Å². The van der Waals surface area contributed by atoms with Crippen LogP contribution in [0.4, 0.5) is 0 Å². The molecule has 5 N–H and O–H groups in total. The molecular formula is C27H40N2O5. The van der Waals surface area contributed by atoms with E-state index in [9.17, 15) is 19.8 Å². The van der Waals surface area contributed by atoms with E-state index >= 15 is 0 Å². The quantitative estimate of drug-likeness (QED) is 0.188. The number of unbranched alkanes of at least 4 members (excludes halogenated alkanes) is 1. The van der Waals surface area contributed by atoms with E-state index in [-0.39, 0.29) is 24.3 Å². The summed E-state index contributed by atoms with van der Waals surface area (Å²) in [5.74, 6) is -0.758. The summed E-state index contributed by atoms with van der Waals surface area (Å²) in [5, 5.41) is 23.8. The molecule has 7 nitrogen and oxygen atoms in total. The highest BCUT2D eigenvalue weighted by molar-refractivity contribution is 5.75. The molecule has 0 saturated heterocycles. The van der Waals surface area contributed by atoms with Gasteiger partial charge in [-0.05, 0) is 56.6 Å². The molecule has 0 spiro atoms. The third kappa shape index (κ3) is 9.79. The van der Waals surface area contributed by atoms with Crippen LogP contribution >= 0.6 is 0 Å². The van der Waals surface area contributed by atoms with E-state index in [1.807, 2.05) is 61.6 Å². The number of allylic oxidation sites excluding steroid dienone is 2. The van der Waals surface area contributed by atoms with Gasteiger partial charge in [-0.1, -0.05) is 48.6 Å². The van der Waals surface area contributed by atoms with E-state index < -0.39 is 24.3 Å². The smallest absolute Gasteiger partial charge is 0.320 e. The highest BCUT2D eigenvalue weighted by atomic mass is 16.5. The van der Waals surface area contributed by atoms with Gasteiger partial charge in [0.1, 0.15) is 6.10 Å². The number of rotatable bonds is 14. The lowest BCUT2D eigenvalue weighted by Gasteiger charge is -2.20. The third-order valence-electron chi connectivity index (χ3n) is 6.20. The number of esters is 1. The first kappa shape index (κ1) is 27.8. The highest BCUT2D eigenvalue weighted by Gasteiger charge is 2.39. The van der Waals surface area contributed by atoms with Gasteiger partial charge in [0.05, 0.1) is 18.8 Å². The monoisotopic (exact) mass is 472 g/mol. The third-order valence-corrected chi connectivity index (χ3v) is 6.20. The number of amides is 1. The molecule has 1 aromatic carbocycles. The van der Waals surface area contributed by atoms with Gasteiger partial charge >= 0.3 is 5.97 Å². The molecule has 7 heteroatoms. The minimum Gasteiger partial charge on any atom is -0.457 e. The number of aliphatic hydroxyl groups excluding tert-OH is 2. The van der Waals surface area contributed by atoms with Crippen LogP contribution in [0.25, 0.3) is 0 Å². The van der Waals surface area contributed by atoms with Gasteiger partial charge in [0.15, 0.2) is 0 Å². The van der Waals surface area contributed by atoms with E-state index in [0.29, 0.717) is 32.2 Å². The highest BCUT2D eigenvalue weighted by Crippen LogP contribution is 2.36. The number of hydrogen-bond donors (Lipinski definition) is 4. The Morgan fingerprint density at radius 1 is 1.21 bits per heavy atom. The molecule has 2 rings (SSSR count). The van der Waals surface area contributed by atoms with Gasteiger partial charge in [-0.25, -0.2) is 0 Å². The molecule has 188 valence electrons. The van der Waals surface area contributed by atoms with Gasteiger partial charge in [0.2, 0.25) is 5.91 Å². The predicted octanol–water partition coefficient (Wildman–Crippen LogP) is 2.66. The Morgan fingerprint density at radius 3 is 2.68 bits per heavy atom. The second-order valence-electron chi connectivity index (χ2n) is 8.81. The van der Waals surface area contributed by atoms with Crippen molar-refractivity contribution in [3.63, 3.8) is 0 Å². The molecule has 1 aliphatic rings. The Hall–Kier alpha value is -2.48. The number of aliphatic hydroxyl groups is 2. The predicted molar refractivity (Wildman–Crippen MR) is 133 cm³/mol. The number of nitrogens with one attached hydrogen (secondary N) is 1. The van der Waals surface area contributed by atoms with Crippen molar-refractivity contribution in [3.8, 4) is 0 Å². The fourth-order valence-corrected chi connectivity index (χ4v) is 4.36. The van der Waals surface area contributed by atoms with E-state index in [0.717, 1.165) is 24.8 Å². The Morgan fingerprint density at radius 2 is 1.97 bits per heavy atom. The van der Waals surface area contributed by atoms with Crippen LogP contribution in [0.3, 0.4) is 0 Å². The molecule has 0 aliphatic heterocycles. The fraction of sp³-hybridized carbons (Fsp3) is 0.556. The number of ether oxygens (including phenoxy) is 1. The largest absolute Gasteiger partial charge is 0.457 e. The molecule has 0 bridgehead atoms. The van der Waals surface area contributed by atoms with Crippen molar-refractivity contribution >= 4 is 11.9 Å². The van der Waals surface area contributed by atoms with Crippen molar-refractivity contribution in [3.05, 3.63) is 60.2 Å². The lowest BCUT2D eigenvalue weighted by Crippen LogP contribution is -2.24. The number of benzene rings is 1. The van der Waals surface area contributed by atoms with Crippen LogP contribution in [0.5, 0.6) is 0 Å². The molecule has 34 heavy (non-hydrogen) atoms. The average Bonchev–Trinajstić information content (AvgIpc) is 3.10. The minimum absolute atomic E-state index is 0.0626. The second-order valence-corrected chi connectivity index (χ2v) is 8.81. The zero-order valence-corrected chi connectivity index (χ0v) is 20.1. The summed E-state index contributed by atoms with van der Waals surface area (Å²) in [4.78, 5) is 23.3. The van der Waals surface area contributed by atoms with E-state index in [2.05, 4.69) is 5.32 Å². The average molecular weight is 473 g/mol. The first-order chi connectivity index (χ1) is 16.4. The normalized spacial score (nSPS) is 23.4. The van der Waals surface area contributed by atoms with Gasteiger partial charge in [0.25, 0.3) is 0 Å². The van der Waals surface area contributed by atoms with Crippen molar-refractivity contribution in [2.45, 2.75) is 70.2 Å². The van der Waals surface area contributed by atoms with Crippen LogP contribution in [0.2, 0.25) is 0 Å². The topological polar surface area (TPSA) is 122 Å². The van der Waals surface area contributed by atoms with Crippen molar-refractivity contribution in [1.29, 1.82) is 0 Å². The van der Waals surface area contributed by atoms with Crippen LogP contribution in [0, 0.1) is 11.8 Å². The number of aryl methyl sites for hydroxylation is 1. The van der Waals surface area contributed by atoms with Crippen LogP contribution < -0.4 is 11.1 Å². The lowest BCUT2D eigenvalue weighted by atomic mass is 9.89. The first-order valence-corrected chi connectivity index (χ1v) is 12.3. The molecule has 1 amide bonds. The summed E-state index contributed by atoms with van der Waals surface area (Å²) in [7, 11) is 0. The maximum absolute atomic E-state index is 11.8. The van der Waals surface area contributed by atoms with Crippen molar-refractivity contribution in [1.82, 2.24) is 5.32 Å². The summed E-state index contributed by atoms with van der Waals surface area (Å²) >= 11 is 0. The molecule has 0 aromatic heterocycles. The Labute approximate surface area is 203 Å². The van der Waals surface area contributed by atoms with E-state index in [1.54, 1.807) is 0 Å². The van der Waals surface area contributed by atoms with Gasteiger partial charge < -0.3 is 26.0 Å². The molecule has 0 radical (unpaired) electrons. The van der Waals surface area contributed by atoms with Gasteiger partial charge in [0, 0.05) is 25.3 Å². The SMILES string of the molecule is CCNC(=O)CCC/C=C\C[C@@H]1[C@@H](/C=C/[C@H](CCc2ccccc2)OC(=O)CN)[C@H](O)C[C@@H]1O. The number of carbonyl (C=O) groups is 2. The summed E-state index contributed by atoms with van der Waals surface area (Å²) < 4.78 is 5.50. The zero-order chi connectivity index (χ0) is 24.8. The Balaban J connectivity index is 1.93. The molecule has 1 saturated carbocycles. The lowest BCUT2D eigenvalue weighted by molar-refractivity contribution is -0.145. The van der Waals surface area contributed by atoms with Crippen LogP contribution in [-0.4, -0.2) is 53.5 Å². The maximum atomic E-state index is 11.8. The maximum Gasteiger partial charge on any atom is 0.320 e. The van der Waals surface area contributed by atoms with E-state index in [4.69, 9.17) is 10.5 Å². The molecule has 1 fully saturated rings. The standard InChI is InChI=1S/C27H40N2O5/c1-2-29-26(32)13-9-4-3-8-12-22-23(25(31)18-24(22)30)17-16-21(34-27(33)19-28)15-14-20-10-6-5-7-11-20/h3,5-8,10-11,16-17,21-25,30-31H,2,4,9,12-15,18-19,28H2,1H3,(H,29,32)/b8-3-,17-16+/t21-,22+,23+,24-,25+/m0/s1. The summed E-state index contributed by atoms with van der Waals surface area (Å²) in [6.07, 6.45) is 10.4.